The summed E-state index contributed by atoms with van der Waals surface area (Å²) < 4.78 is 2.24. The van der Waals surface area contributed by atoms with E-state index in [0.717, 1.165) is 6.42 Å². The van der Waals surface area contributed by atoms with Crippen molar-refractivity contribution in [3.63, 3.8) is 0 Å². The van der Waals surface area contributed by atoms with E-state index in [1.165, 1.54) is 12.0 Å². The molecule has 1 heterocycles. The van der Waals surface area contributed by atoms with Crippen molar-refractivity contribution in [1.82, 2.24) is 9.55 Å². The van der Waals surface area contributed by atoms with Crippen LogP contribution in [0.3, 0.4) is 0 Å². The minimum Gasteiger partial charge on any atom is -0.334 e. The fourth-order valence-corrected chi connectivity index (χ4v) is 2.19. The van der Waals surface area contributed by atoms with Crippen LogP contribution in [0, 0.1) is 5.92 Å². The van der Waals surface area contributed by atoms with E-state index in [9.17, 15) is 0 Å². The molecule has 0 saturated heterocycles. The van der Waals surface area contributed by atoms with Crippen LogP contribution < -0.4 is 0 Å². The van der Waals surface area contributed by atoms with Crippen LogP contribution >= 0.6 is 0 Å². The second kappa shape index (κ2) is 5.67. The Balaban J connectivity index is 2.17. The highest BCUT2D eigenvalue weighted by Gasteiger charge is 2.17. The summed E-state index contributed by atoms with van der Waals surface area (Å²) in [6, 6.07) is 11.2. The molecule has 2 rings (SSSR count). The number of benzene rings is 1. The maximum atomic E-state index is 4.16. The molecule has 0 N–H and O–H groups in total. The molecule has 2 nitrogen and oxygen atoms in total. The molecule has 17 heavy (non-hydrogen) atoms. The average Bonchev–Trinajstić information content (AvgIpc) is 2.90. The third-order valence-corrected chi connectivity index (χ3v) is 3.50. The van der Waals surface area contributed by atoms with Gasteiger partial charge in [0.25, 0.3) is 0 Å². The standard InChI is InChI=1S/C15H20N2/c1-3-13(2)15(17-10-9-16-12-17)11-14-7-5-4-6-8-14/h4-10,12-13,15H,3,11H2,1-2H3. The highest BCUT2D eigenvalue weighted by atomic mass is 15.1. The Morgan fingerprint density at radius 3 is 2.59 bits per heavy atom. The van der Waals surface area contributed by atoms with Crippen LogP contribution in [-0.4, -0.2) is 9.55 Å². The molecule has 90 valence electrons. The van der Waals surface area contributed by atoms with Crippen LogP contribution in [-0.2, 0) is 6.42 Å². The molecule has 0 aliphatic carbocycles. The van der Waals surface area contributed by atoms with E-state index in [1.807, 2.05) is 12.5 Å². The topological polar surface area (TPSA) is 17.8 Å². The summed E-state index contributed by atoms with van der Waals surface area (Å²) >= 11 is 0. The fourth-order valence-electron chi connectivity index (χ4n) is 2.19. The molecule has 1 aromatic carbocycles. The van der Waals surface area contributed by atoms with E-state index in [-0.39, 0.29) is 0 Å². The van der Waals surface area contributed by atoms with E-state index in [2.05, 4.69) is 59.9 Å². The van der Waals surface area contributed by atoms with Crippen LogP contribution in [0.4, 0.5) is 0 Å². The molecule has 0 radical (unpaired) electrons. The monoisotopic (exact) mass is 228 g/mol. The van der Waals surface area contributed by atoms with E-state index in [0.29, 0.717) is 12.0 Å². The van der Waals surface area contributed by atoms with Crippen molar-refractivity contribution in [1.29, 1.82) is 0 Å². The van der Waals surface area contributed by atoms with Crippen molar-refractivity contribution in [2.24, 2.45) is 5.92 Å². The molecule has 2 atom stereocenters. The Hall–Kier alpha value is -1.57. The van der Waals surface area contributed by atoms with Gasteiger partial charge in [0.1, 0.15) is 0 Å². The molecular weight excluding hydrogens is 208 g/mol. The highest BCUT2D eigenvalue weighted by molar-refractivity contribution is 5.16. The van der Waals surface area contributed by atoms with Crippen molar-refractivity contribution in [3.05, 3.63) is 54.6 Å². The fraction of sp³-hybridized carbons (Fsp3) is 0.400. The van der Waals surface area contributed by atoms with E-state index in [4.69, 9.17) is 0 Å². The number of aromatic nitrogens is 2. The Labute approximate surface area is 103 Å². The van der Waals surface area contributed by atoms with Crippen molar-refractivity contribution < 1.29 is 0 Å². The van der Waals surface area contributed by atoms with Crippen molar-refractivity contribution >= 4 is 0 Å². The van der Waals surface area contributed by atoms with Gasteiger partial charge in [0.05, 0.1) is 6.33 Å². The summed E-state index contributed by atoms with van der Waals surface area (Å²) in [5, 5.41) is 0. The first-order valence-corrected chi connectivity index (χ1v) is 6.32. The summed E-state index contributed by atoms with van der Waals surface area (Å²) in [4.78, 5) is 4.16. The predicted octanol–water partition coefficient (Wildman–Crippen LogP) is 3.71. The quantitative estimate of drug-likeness (QED) is 0.762. The van der Waals surface area contributed by atoms with Crippen molar-refractivity contribution in [3.8, 4) is 0 Å². The lowest BCUT2D eigenvalue weighted by Gasteiger charge is -2.24. The second-order valence-corrected chi connectivity index (χ2v) is 4.65. The first-order valence-electron chi connectivity index (χ1n) is 6.32. The second-order valence-electron chi connectivity index (χ2n) is 4.65. The third kappa shape index (κ3) is 2.96. The Morgan fingerprint density at radius 1 is 1.24 bits per heavy atom. The number of nitrogens with zero attached hydrogens (tertiary/aromatic N) is 2. The van der Waals surface area contributed by atoms with Crippen LogP contribution in [0.25, 0.3) is 0 Å². The van der Waals surface area contributed by atoms with Crippen molar-refractivity contribution in [2.45, 2.75) is 32.7 Å². The van der Waals surface area contributed by atoms with E-state index >= 15 is 0 Å². The van der Waals surface area contributed by atoms with Crippen LogP contribution in [0.15, 0.2) is 49.1 Å². The molecular formula is C15H20N2. The Kier molecular flexibility index (Phi) is 3.97. The van der Waals surface area contributed by atoms with Gasteiger partial charge in [-0.2, -0.15) is 0 Å². The summed E-state index contributed by atoms with van der Waals surface area (Å²) in [6.45, 7) is 4.56. The van der Waals surface area contributed by atoms with Gasteiger partial charge in [-0.05, 0) is 17.9 Å². The van der Waals surface area contributed by atoms with Gasteiger partial charge < -0.3 is 4.57 Å². The molecule has 0 fully saturated rings. The first kappa shape index (κ1) is 11.9. The largest absolute Gasteiger partial charge is 0.334 e. The van der Waals surface area contributed by atoms with Crippen LogP contribution in [0.2, 0.25) is 0 Å². The molecule has 0 aliphatic rings. The zero-order valence-electron chi connectivity index (χ0n) is 10.6. The summed E-state index contributed by atoms with van der Waals surface area (Å²) in [5.74, 6) is 0.657. The Morgan fingerprint density at radius 2 is 2.00 bits per heavy atom. The van der Waals surface area contributed by atoms with Gasteiger partial charge in [-0.15, -0.1) is 0 Å². The molecule has 0 saturated carbocycles. The number of hydrogen-bond acceptors (Lipinski definition) is 1. The van der Waals surface area contributed by atoms with E-state index < -0.39 is 0 Å². The van der Waals surface area contributed by atoms with Gasteiger partial charge in [0, 0.05) is 18.4 Å². The van der Waals surface area contributed by atoms with Crippen LogP contribution in [0.1, 0.15) is 31.9 Å². The van der Waals surface area contributed by atoms with Gasteiger partial charge in [0.15, 0.2) is 0 Å². The lowest BCUT2D eigenvalue weighted by molar-refractivity contribution is 0.340. The number of hydrogen-bond donors (Lipinski definition) is 0. The molecule has 2 aromatic rings. The lowest BCUT2D eigenvalue weighted by atomic mass is 9.93. The van der Waals surface area contributed by atoms with Crippen LogP contribution in [0.5, 0.6) is 0 Å². The average molecular weight is 228 g/mol. The van der Waals surface area contributed by atoms with Gasteiger partial charge in [-0.3, -0.25) is 0 Å². The van der Waals surface area contributed by atoms with E-state index in [1.54, 1.807) is 0 Å². The molecule has 0 bridgehead atoms. The van der Waals surface area contributed by atoms with Gasteiger partial charge in [-0.1, -0.05) is 50.6 Å². The zero-order chi connectivity index (χ0) is 12.1. The minimum atomic E-state index is 0.505. The molecule has 0 aliphatic heterocycles. The first-order chi connectivity index (χ1) is 8.31. The van der Waals surface area contributed by atoms with Gasteiger partial charge >= 0.3 is 0 Å². The van der Waals surface area contributed by atoms with Gasteiger partial charge in [0.2, 0.25) is 0 Å². The van der Waals surface area contributed by atoms with Gasteiger partial charge in [-0.25, -0.2) is 4.98 Å². The number of imidazole rings is 1. The summed E-state index contributed by atoms with van der Waals surface area (Å²) in [5.41, 5.74) is 1.39. The summed E-state index contributed by atoms with van der Waals surface area (Å²) in [7, 11) is 0. The maximum absolute atomic E-state index is 4.16. The normalized spacial score (nSPS) is 14.5. The molecule has 0 spiro atoms. The molecule has 2 unspecified atom stereocenters. The number of rotatable bonds is 5. The zero-order valence-corrected chi connectivity index (χ0v) is 10.6. The summed E-state index contributed by atoms with van der Waals surface area (Å²) in [6.07, 6.45) is 8.13. The molecule has 0 amide bonds. The smallest absolute Gasteiger partial charge is 0.0948 e. The predicted molar refractivity (Wildman–Crippen MR) is 70.9 cm³/mol. The highest BCUT2D eigenvalue weighted by Crippen LogP contribution is 2.25. The lowest BCUT2D eigenvalue weighted by Crippen LogP contribution is -2.18. The van der Waals surface area contributed by atoms with Crippen molar-refractivity contribution in [2.75, 3.05) is 0 Å². The maximum Gasteiger partial charge on any atom is 0.0948 e. The molecule has 1 aromatic heterocycles. The molecule has 2 heteroatoms. The SMILES string of the molecule is CCC(C)C(Cc1ccccc1)n1ccnc1. The Bertz CT molecular complexity index is 419. The third-order valence-electron chi connectivity index (χ3n) is 3.50. The minimum absolute atomic E-state index is 0.505.